The van der Waals surface area contributed by atoms with Gasteiger partial charge < -0.3 is 10.0 Å². The number of carboxylic acids is 1. The van der Waals surface area contributed by atoms with Crippen molar-refractivity contribution >= 4 is 22.6 Å². The van der Waals surface area contributed by atoms with Gasteiger partial charge in [-0.15, -0.1) is 0 Å². The fourth-order valence-electron chi connectivity index (χ4n) is 3.64. The number of carbonyl (C=O) groups excluding carboxylic acids is 1. The fraction of sp³-hybridized carbons (Fsp3) is 0.190. The first-order valence-electron chi connectivity index (χ1n) is 8.60. The molecule has 1 aliphatic heterocycles. The van der Waals surface area contributed by atoms with Crippen LogP contribution in [0.4, 0.5) is 0 Å². The first kappa shape index (κ1) is 16.3. The molecular formula is C21H18N2O3. The minimum Gasteiger partial charge on any atom is -0.480 e. The molecule has 0 radical (unpaired) electrons. The molecule has 0 fully saturated rings. The highest BCUT2D eigenvalue weighted by atomic mass is 16.4. The van der Waals surface area contributed by atoms with E-state index < -0.39 is 12.0 Å². The number of aliphatic carboxylic acids is 1. The van der Waals surface area contributed by atoms with Gasteiger partial charge in [0.05, 0.1) is 0 Å². The number of nitrogens with zero attached hydrogens (tertiary/aromatic N) is 2. The Labute approximate surface area is 150 Å². The van der Waals surface area contributed by atoms with E-state index in [1.54, 1.807) is 13.1 Å². The maximum Gasteiger partial charge on any atom is 0.326 e. The molecular weight excluding hydrogens is 328 g/mol. The van der Waals surface area contributed by atoms with Crippen molar-refractivity contribution < 1.29 is 14.7 Å². The van der Waals surface area contributed by atoms with Crippen LogP contribution in [-0.4, -0.2) is 32.9 Å². The predicted octanol–water partition coefficient (Wildman–Crippen LogP) is 3.72. The third-order valence-corrected chi connectivity index (χ3v) is 4.98. The Kier molecular flexibility index (Phi) is 3.92. The molecule has 2 aromatic carbocycles. The first-order chi connectivity index (χ1) is 12.6. The Morgan fingerprint density at radius 2 is 2.08 bits per heavy atom. The van der Waals surface area contributed by atoms with Gasteiger partial charge in [-0.2, -0.15) is 0 Å². The Morgan fingerprint density at radius 1 is 1.23 bits per heavy atom. The topological polar surface area (TPSA) is 70.5 Å². The van der Waals surface area contributed by atoms with Crippen molar-refractivity contribution in [2.24, 2.45) is 0 Å². The number of amides is 1. The highest BCUT2D eigenvalue weighted by molar-refractivity contribution is 6.03. The van der Waals surface area contributed by atoms with Crippen molar-refractivity contribution in [2.45, 2.75) is 25.9 Å². The molecule has 1 aromatic heterocycles. The van der Waals surface area contributed by atoms with Crippen LogP contribution in [-0.2, 0) is 11.3 Å². The van der Waals surface area contributed by atoms with Crippen LogP contribution in [0.3, 0.4) is 0 Å². The summed E-state index contributed by atoms with van der Waals surface area (Å²) in [5.41, 5.74) is 3.40. The van der Waals surface area contributed by atoms with Gasteiger partial charge in [0.1, 0.15) is 6.04 Å². The van der Waals surface area contributed by atoms with Crippen LogP contribution >= 0.6 is 0 Å². The second-order valence-corrected chi connectivity index (χ2v) is 6.47. The molecule has 4 rings (SSSR count). The van der Waals surface area contributed by atoms with Crippen LogP contribution in [0.25, 0.3) is 21.9 Å². The van der Waals surface area contributed by atoms with Gasteiger partial charge in [0.2, 0.25) is 0 Å². The Balaban J connectivity index is 1.77. The summed E-state index contributed by atoms with van der Waals surface area (Å²) >= 11 is 0. The molecule has 0 saturated heterocycles. The van der Waals surface area contributed by atoms with Gasteiger partial charge in [-0.1, -0.05) is 37.3 Å². The number of fused-ring (bicyclic) bond motifs is 2. The van der Waals surface area contributed by atoms with E-state index in [9.17, 15) is 14.7 Å². The van der Waals surface area contributed by atoms with Crippen molar-refractivity contribution in [3.63, 3.8) is 0 Å². The van der Waals surface area contributed by atoms with Gasteiger partial charge in [0.25, 0.3) is 5.91 Å². The summed E-state index contributed by atoms with van der Waals surface area (Å²) in [5, 5.41) is 11.5. The lowest BCUT2D eigenvalue weighted by Gasteiger charge is -2.22. The van der Waals surface area contributed by atoms with Crippen LogP contribution in [0.1, 0.15) is 29.3 Å². The number of carboxylic acid groups (broad SMARTS) is 1. The van der Waals surface area contributed by atoms with Gasteiger partial charge >= 0.3 is 5.97 Å². The normalized spacial score (nSPS) is 14.5. The summed E-state index contributed by atoms with van der Waals surface area (Å²) in [5.74, 6) is -1.18. The molecule has 5 heteroatoms. The fourth-order valence-corrected chi connectivity index (χ4v) is 3.64. The second kappa shape index (κ2) is 6.26. The maximum atomic E-state index is 12.8. The van der Waals surface area contributed by atoms with Crippen molar-refractivity contribution in [1.29, 1.82) is 0 Å². The molecule has 0 aliphatic carbocycles. The van der Waals surface area contributed by atoms with Crippen LogP contribution in [0.2, 0.25) is 0 Å². The maximum absolute atomic E-state index is 12.8. The third-order valence-electron chi connectivity index (χ3n) is 4.98. The standard InChI is InChI=1S/C21H18N2O3/c1-2-19(21(25)26)23-12-15-7-6-14(10-17(15)20(23)24)16-5-3-4-13-8-9-22-11-18(13)16/h3-11,19H,2,12H2,1H3,(H,25,26). The number of rotatable bonds is 4. The monoisotopic (exact) mass is 346 g/mol. The highest BCUT2D eigenvalue weighted by Crippen LogP contribution is 2.33. The Morgan fingerprint density at radius 3 is 2.85 bits per heavy atom. The predicted molar refractivity (Wildman–Crippen MR) is 98.8 cm³/mol. The minimum atomic E-state index is -0.964. The van der Waals surface area contributed by atoms with E-state index in [1.165, 1.54) is 4.90 Å². The smallest absolute Gasteiger partial charge is 0.326 e. The number of aromatic nitrogens is 1. The molecule has 0 spiro atoms. The molecule has 1 atom stereocenters. The zero-order valence-corrected chi connectivity index (χ0v) is 14.3. The van der Waals surface area contributed by atoms with Gasteiger partial charge in [-0.25, -0.2) is 4.79 Å². The SMILES string of the molecule is CCC(C(=O)O)N1Cc2ccc(-c3cccc4ccncc34)cc2C1=O. The average Bonchev–Trinajstić information content (AvgIpc) is 2.97. The number of pyridine rings is 1. The summed E-state index contributed by atoms with van der Waals surface area (Å²) in [6.07, 6.45) is 3.97. The number of hydrogen-bond acceptors (Lipinski definition) is 3. The molecule has 0 bridgehead atoms. The summed E-state index contributed by atoms with van der Waals surface area (Å²) in [6.45, 7) is 2.12. The van der Waals surface area contributed by atoms with Gasteiger partial charge in [-0.05, 0) is 40.6 Å². The lowest BCUT2D eigenvalue weighted by Crippen LogP contribution is -2.40. The van der Waals surface area contributed by atoms with E-state index in [0.29, 0.717) is 18.5 Å². The molecule has 2 heterocycles. The van der Waals surface area contributed by atoms with Crippen LogP contribution in [0, 0.1) is 0 Å². The molecule has 1 N–H and O–H groups in total. The van der Waals surface area contributed by atoms with Crippen LogP contribution in [0.5, 0.6) is 0 Å². The van der Waals surface area contributed by atoms with E-state index in [2.05, 4.69) is 4.98 Å². The zero-order chi connectivity index (χ0) is 18.3. The van der Waals surface area contributed by atoms with Crippen LogP contribution in [0.15, 0.2) is 54.9 Å². The molecule has 3 aromatic rings. The van der Waals surface area contributed by atoms with Crippen molar-refractivity contribution in [3.05, 3.63) is 66.0 Å². The molecule has 1 amide bonds. The molecule has 1 aliphatic rings. The third kappa shape index (κ3) is 2.52. The van der Waals surface area contributed by atoms with E-state index in [1.807, 2.05) is 48.7 Å². The average molecular weight is 346 g/mol. The quantitative estimate of drug-likeness (QED) is 0.781. The van der Waals surface area contributed by atoms with Crippen molar-refractivity contribution in [2.75, 3.05) is 0 Å². The summed E-state index contributed by atoms with van der Waals surface area (Å²) < 4.78 is 0. The highest BCUT2D eigenvalue weighted by Gasteiger charge is 2.35. The molecule has 5 nitrogen and oxygen atoms in total. The largest absolute Gasteiger partial charge is 0.480 e. The van der Waals surface area contributed by atoms with Crippen molar-refractivity contribution in [1.82, 2.24) is 9.88 Å². The Bertz CT molecular complexity index is 1020. The number of carbonyl (C=O) groups is 2. The minimum absolute atomic E-state index is 0.213. The summed E-state index contributed by atoms with van der Waals surface area (Å²) in [7, 11) is 0. The summed E-state index contributed by atoms with van der Waals surface area (Å²) in [6, 6.07) is 13.0. The van der Waals surface area contributed by atoms with E-state index in [0.717, 1.165) is 27.5 Å². The lowest BCUT2D eigenvalue weighted by atomic mass is 9.97. The summed E-state index contributed by atoms with van der Waals surface area (Å²) in [4.78, 5) is 29.9. The molecule has 130 valence electrons. The number of hydrogen-bond donors (Lipinski definition) is 1. The van der Waals surface area contributed by atoms with Gasteiger partial charge in [0, 0.05) is 29.9 Å². The zero-order valence-electron chi connectivity index (χ0n) is 14.3. The Hall–Kier alpha value is -3.21. The molecule has 0 saturated carbocycles. The van der Waals surface area contributed by atoms with E-state index >= 15 is 0 Å². The number of benzene rings is 2. The van der Waals surface area contributed by atoms with Gasteiger partial charge in [0.15, 0.2) is 0 Å². The second-order valence-electron chi connectivity index (χ2n) is 6.47. The molecule has 26 heavy (non-hydrogen) atoms. The van der Waals surface area contributed by atoms with E-state index in [4.69, 9.17) is 0 Å². The van der Waals surface area contributed by atoms with Gasteiger partial charge in [-0.3, -0.25) is 9.78 Å². The lowest BCUT2D eigenvalue weighted by molar-refractivity contribution is -0.142. The van der Waals surface area contributed by atoms with Crippen LogP contribution < -0.4 is 0 Å². The van der Waals surface area contributed by atoms with E-state index in [-0.39, 0.29) is 5.91 Å². The van der Waals surface area contributed by atoms with Crippen molar-refractivity contribution in [3.8, 4) is 11.1 Å². The first-order valence-corrected chi connectivity index (χ1v) is 8.60. The molecule has 1 unspecified atom stereocenters.